The second-order valence-electron chi connectivity index (χ2n) is 6.03. The highest BCUT2D eigenvalue weighted by Crippen LogP contribution is 2.39. The zero-order valence-electron chi connectivity index (χ0n) is 16.0. The molecule has 0 atom stereocenters. The number of para-hydroxylation sites is 1. The summed E-state index contributed by atoms with van der Waals surface area (Å²) in [6.07, 6.45) is 6.44. The summed E-state index contributed by atoms with van der Waals surface area (Å²) >= 11 is 0. The Labute approximate surface area is 172 Å². The molecule has 1 aliphatic heterocycles. The van der Waals surface area contributed by atoms with E-state index in [2.05, 4.69) is 11.3 Å². The van der Waals surface area contributed by atoms with E-state index in [-0.39, 0.29) is 35.8 Å². The molecule has 0 aliphatic carbocycles. The number of nitro groups is 1. The molecule has 152 valence electrons. The maximum atomic E-state index is 12.7. The Morgan fingerprint density at radius 3 is 2.60 bits per heavy atom. The molecule has 3 rings (SSSR count). The van der Waals surface area contributed by atoms with Crippen LogP contribution in [0.4, 0.5) is 11.4 Å². The van der Waals surface area contributed by atoms with Gasteiger partial charge in [-0.15, -0.1) is 6.42 Å². The minimum atomic E-state index is -0.650. The molecule has 0 radical (unpaired) electrons. The lowest BCUT2D eigenvalue weighted by Crippen LogP contribution is -2.35. The van der Waals surface area contributed by atoms with Crippen molar-refractivity contribution in [3.05, 3.63) is 63.7 Å². The summed E-state index contributed by atoms with van der Waals surface area (Å²) in [5.74, 6) is 0.997. The molecule has 9 heteroatoms. The minimum absolute atomic E-state index is 0.0829. The Bertz CT molecular complexity index is 1070. The summed E-state index contributed by atoms with van der Waals surface area (Å²) in [6, 6.07) is 11.2. The molecule has 2 aromatic rings. The lowest BCUT2D eigenvalue weighted by atomic mass is 10.1. The highest BCUT2D eigenvalue weighted by atomic mass is 16.6. The second-order valence-corrected chi connectivity index (χ2v) is 6.03. The van der Waals surface area contributed by atoms with Crippen LogP contribution in [-0.4, -0.2) is 30.0 Å². The van der Waals surface area contributed by atoms with Crippen LogP contribution in [0.3, 0.4) is 0 Å². The van der Waals surface area contributed by atoms with E-state index in [0.717, 1.165) is 5.01 Å². The number of anilines is 1. The minimum Gasteiger partial charge on any atom is -0.490 e. The first-order valence-corrected chi connectivity index (χ1v) is 8.90. The number of amides is 2. The second kappa shape index (κ2) is 8.79. The van der Waals surface area contributed by atoms with Gasteiger partial charge in [-0.2, -0.15) is 0 Å². The molecule has 0 unspecified atom stereocenters. The van der Waals surface area contributed by atoms with E-state index in [4.69, 9.17) is 15.9 Å². The first-order valence-electron chi connectivity index (χ1n) is 8.90. The predicted octanol–water partition coefficient (Wildman–Crippen LogP) is 2.47. The SMILES string of the molecule is C#CCOc1c(OCC)cc(/C=C2/C(=O)NN(c3ccccc3)C2=O)cc1[N+](=O)[O-]. The molecule has 2 amide bonds. The summed E-state index contributed by atoms with van der Waals surface area (Å²) in [6.45, 7) is 1.73. The van der Waals surface area contributed by atoms with Gasteiger partial charge in [0, 0.05) is 6.07 Å². The van der Waals surface area contributed by atoms with Crippen LogP contribution in [0.1, 0.15) is 12.5 Å². The normalized spacial score (nSPS) is 14.4. The first-order chi connectivity index (χ1) is 14.5. The molecular formula is C21H17N3O6. The molecule has 9 nitrogen and oxygen atoms in total. The van der Waals surface area contributed by atoms with Gasteiger partial charge in [0.15, 0.2) is 5.75 Å². The number of nitro benzene ring substituents is 1. The van der Waals surface area contributed by atoms with Gasteiger partial charge in [0.2, 0.25) is 5.75 Å². The van der Waals surface area contributed by atoms with Crippen molar-refractivity contribution in [3.63, 3.8) is 0 Å². The molecule has 1 fully saturated rings. The van der Waals surface area contributed by atoms with Crippen molar-refractivity contribution >= 4 is 29.3 Å². The zero-order chi connectivity index (χ0) is 21.7. The van der Waals surface area contributed by atoms with Gasteiger partial charge in [-0.25, -0.2) is 5.01 Å². The Balaban J connectivity index is 2.04. The standard InChI is InChI=1S/C21H17N3O6/c1-3-10-30-19-17(24(27)28)12-14(13-18(19)29-4-2)11-16-20(25)22-23(21(16)26)15-8-6-5-7-9-15/h1,5-9,11-13H,4,10H2,2H3,(H,22,25)/b16-11-. The molecule has 1 aliphatic rings. The van der Waals surface area contributed by atoms with Gasteiger partial charge in [0.1, 0.15) is 12.2 Å². The molecule has 0 spiro atoms. The molecule has 0 aromatic heterocycles. The number of nitrogens with one attached hydrogen (secondary N) is 1. The van der Waals surface area contributed by atoms with Crippen LogP contribution in [0.25, 0.3) is 6.08 Å². The smallest absolute Gasteiger partial charge is 0.315 e. The summed E-state index contributed by atoms with van der Waals surface area (Å²) in [5, 5.41) is 12.6. The molecular weight excluding hydrogens is 390 g/mol. The van der Waals surface area contributed by atoms with Crippen molar-refractivity contribution in [2.75, 3.05) is 18.2 Å². The number of terminal acetylenes is 1. The van der Waals surface area contributed by atoms with Crippen molar-refractivity contribution in [1.82, 2.24) is 5.43 Å². The molecule has 0 bridgehead atoms. The van der Waals surface area contributed by atoms with E-state index in [1.54, 1.807) is 37.3 Å². The predicted molar refractivity (Wildman–Crippen MR) is 109 cm³/mol. The van der Waals surface area contributed by atoms with Gasteiger partial charge in [-0.1, -0.05) is 24.1 Å². The number of rotatable bonds is 7. The van der Waals surface area contributed by atoms with Crippen molar-refractivity contribution in [2.45, 2.75) is 6.92 Å². The van der Waals surface area contributed by atoms with E-state index in [9.17, 15) is 19.7 Å². The van der Waals surface area contributed by atoms with Crippen molar-refractivity contribution < 1.29 is 24.0 Å². The quantitative estimate of drug-likeness (QED) is 0.248. The maximum absolute atomic E-state index is 12.7. The van der Waals surface area contributed by atoms with E-state index in [1.165, 1.54) is 18.2 Å². The van der Waals surface area contributed by atoms with Gasteiger partial charge < -0.3 is 9.47 Å². The molecule has 0 saturated carbocycles. The Kier molecular flexibility index (Phi) is 5.98. The number of nitrogens with zero attached hydrogens (tertiary/aromatic N) is 2. The number of carbonyl (C=O) groups excluding carboxylic acids is 2. The fourth-order valence-corrected chi connectivity index (χ4v) is 2.83. The van der Waals surface area contributed by atoms with Crippen LogP contribution >= 0.6 is 0 Å². The molecule has 1 N–H and O–H groups in total. The summed E-state index contributed by atoms with van der Waals surface area (Å²) in [7, 11) is 0. The third-order valence-electron chi connectivity index (χ3n) is 4.07. The molecule has 2 aromatic carbocycles. The van der Waals surface area contributed by atoms with Crippen LogP contribution in [0.2, 0.25) is 0 Å². The number of hydrazine groups is 1. The Morgan fingerprint density at radius 1 is 1.23 bits per heavy atom. The van der Waals surface area contributed by atoms with Gasteiger partial charge in [-0.05, 0) is 36.8 Å². The van der Waals surface area contributed by atoms with Crippen molar-refractivity contribution in [2.24, 2.45) is 0 Å². The Morgan fingerprint density at radius 2 is 1.97 bits per heavy atom. The number of benzene rings is 2. The monoisotopic (exact) mass is 407 g/mol. The van der Waals surface area contributed by atoms with Crippen LogP contribution < -0.4 is 19.9 Å². The van der Waals surface area contributed by atoms with E-state index in [0.29, 0.717) is 5.69 Å². The van der Waals surface area contributed by atoms with E-state index < -0.39 is 22.4 Å². The fourth-order valence-electron chi connectivity index (χ4n) is 2.83. The van der Waals surface area contributed by atoms with Crippen LogP contribution in [0, 0.1) is 22.5 Å². The summed E-state index contributed by atoms with van der Waals surface area (Å²) < 4.78 is 10.7. The lowest BCUT2D eigenvalue weighted by Gasteiger charge is -2.14. The van der Waals surface area contributed by atoms with Gasteiger partial charge in [-0.3, -0.25) is 25.1 Å². The average Bonchev–Trinajstić information content (AvgIpc) is 3.01. The Hall–Kier alpha value is -4.32. The van der Waals surface area contributed by atoms with Crippen LogP contribution in [0.5, 0.6) is 11.5 Å². The summed E-state index contributed by atoms with van der Waals surface area (Å²) in [4.78, 5) is 36.0. The third kappa shape index (κ3) is 4.07. The summed E-state index contributed by atoms with van der Waals surface area (Å²) in [5.41, 5.74) is 2.62. The number of carbonyl (C=O) groups is 2. The van der Waals surface area contributed by atoms with Gasteiger partial charge in [0.25, 0.3) is 11.8 Å². The largest absolute Gasteiger partial charge is 0.490 e. The number of hydrogen-bond donors (Lipinski definition) is 1. The zero-order valence-corrected chi connectivity index (χ0v) is 16.0. The molecule has 1 heterocycles. The van der Waals surface area contributed by atoms with E-state index in [1.807, 2.05) is 0 Å². The molecule has 30 heavy (non-hydrogen) atoms. The molecule has 1 saturated heterocycles. The topological polar surface area (TPSA) is 111 Å². The van der Waals surface area contributed by atoms with Gasteiger partial charge >= 0.3 is 5.69 Å². The lowest BCUT2D eigenvalue weighted by molar-refractivity contribution is -0.385. The fraction of sp³-hybridized carbons (Fsp3) is 0.143. The number of hydrogen-bond acceptors (Lipinski definition) is 6. The van der Waals surface area contributed by atoms with Gasteiger partial charge in [0.05, 0.1) is 17.2 Å². The highest BCUT2D eigenvalue weighted by molar-refractivity contribution is 6.31. The highest BCUT2D eigenvalue weighted by Gasteiger charge is 2.34. The number of ether oxygens (including phenoxy) is 2. The van der Waals surface area contributed by atoms with Crippen LogP contribution in [-0.2, 0) is 9.59 Å². The van der Waals surface area contributed by atoms with E-state index >= 15 is 0 Å². The van der Waals surface area contributed by atoms with Crippen molar-refractivity contribution in [1.29, 1.82) is 0 Å². The third-order valence-corrected chi connectivity index (χ3v) is 4.07. The van der Waals surface area contributed by atoms with Crippen LogP contribution in [0.15, 0.2) is 48.0 Å². The maximum Gasteiger partial charge on any atom is 0.315 e. The average molecular weight is 407 g/mol. The first kappa shape index (κ1) is 20.4. The van der Waals surface area contributed by atoms with Crippen molar-refractivity contribution in [3.8, 4) is 23.8 Å².